The molecule has 1 fully saturated rings. The van der Waals surface area contributed by atoms with E-state index in [4.69, 9.17) is 9.05 Å². The highest BCUT2D eigenvalue weighted by molar-refractivity contribution is 7.59. The molecule has 1 saturated heterocycles. The van der Waals surface area contributed by atoms with Gasteiger partial charge < -0.3 is 0 Å². The van der Waals surface area contributed by atoms with Crippen molar-refractivity contribution in [1.82, 2.24) is 0 Å². The molecular weight excluding hydrogens is 257 g/mol. The molecule has 1 N–H and O–H groups in total. The van der Waals surface area contributed by atoms with Gasteiger partial charge in [0, 0.05) is 18.1 Å². The smallest absolute Gasteiger partial charge is 0.258 e. The van der Waals surface area contributed by atoms with Crippen LogP contribution in [-0.2, 0) is 15.2 Å². The van der Waals surface area contributed by atoms with Gasteiger partial charge in [0.1, 0.15) is 13.2 Å². The summed E-state index contributed by atoms with van der Waals surface area (Å²) in [5, 5.41) is 10.5. The van der Waals surface area contributed by atoms with E-state index in [9.17, 15) is 15.0 Å². The molecule has 1 aromatic carbocycles. The molecule has 98 valence electrons. The van der Waals surface area contributed by atoms with Crippen LogP contribution < -0.4 is 0 Å². The van der Waals surface area contributed by atoms with Crippen LogP contribution in [0.1, 0.15) is 12.5 Å². The molecule has 2 rings (SSSR count). The zero-order valence-corrected chi connectivity index (χ0v) is 10.9. The van der Waals surface area contributed by atoms with E-state index in [-0.39, 0.29) is 17.8 Å². The predicted octanol–water partition coefficient (Wildman–Crippen LogP) is 2.53. The quantitative estimate of drug-likeness (QED) is 0.519. The molecule has 0 aromatic heterocycles. The second-order valence-electron chi connectivity index (χ2n) is 4.42. The van der Waals surface area contributed by atoms with Crippen LogP contribution in [0.3, 0.4) is 0 Å². The second kappa shape index (κ2) is 5.28. The van der Waals surface area contributed by atoms with Gasteiger partial charge in [0.15, 0.2) is 6.16 Å². The minimum atomic E-state index is -2.83. The van der Waals surface area contributed by atoms with Gasteiger partial charge in [-0.2, -0.15) is 13.9 Å². The van der Waals surface area contributed by atoms with Crippen LogP contribution in [0, 0.1) is 16.0 Å². The lowest BCUT2D eigenvalue weighted by Crippen LogP contribution is -2.22. The third-order valence-corrected chi connectivity index (χ3v) is 4.52. The Morgan fingerprint density at radius 3 is 2.44 bits per heavy atom. The number of hydrogen-bond donors (Lipinski definition) is 1. The number of nitro benzene ring substituents is 1. The van der Waals surface area contributed by atoms with Gasteiger partial charge in [-0.05, 0) is 17.7 Å². The zero-order valence-electron chi connectivity index (χ0n) is 9.98. The average molecular weight is 272 g/mol. The standard InChI is InChI=1S/C11H15NO5P/c1-9-6-16-18(15,17-7-9)8-10-2-4-11(5-3-10)12(13)14/h2-5,9,15H,6-8H2,1H3/q+1. The van der Waals surface area contributed by atoms with E-state index in [1.807, 2.05) is 6.92 Å². The Kier molecular flexibility index (Phi) is 3.92. The van der Waals surface area contributed by atoms with E-state index in [0.29, 0.717) is 13.2 Å². The summed E-state index contributed by atoms with van der Waals surface area (Å²) in [7, 11) is -2.83. The highest BCUT2D eigenvalue weighted by Crippen LogP contribution is 2.61. The van der Waals surface area contributed by atoms with Crippen molar-refractivity contribution in [1.29, 1.82) is 0 Å². The van der Waals surface area contributed by atoms with Crippen molar-refractivity contribution in [3.05, 3.63) is 39.9 Å². The van der Waals surface area contributed by atoms with Crippen LogP contribution >= 0.6 is 7.94 Å². The van der Waals surface area contributed by atoms with Crippen molar-refractivity contribution in [2.75, 3.05) is 13.2 Å². The fraction of sp³-hybridized carbons (Fsp3) is 0.455. The fourth-order valence-corrected chi connectivity index (χ4v) is 3.52. The lowest BCUT2D eigenvalue weighted by Gasteiger charge is -2.24. The van der Waals surface area contributed by atoms with Crippen molar-refractivity contribution < 1.29 is 18.9 Å². The number of non-ortho nitro benzene ring substituents is 1. The lowest BCUT2D eigenvalue weighted by molar-refractivity contribution is -0.384. The topological polar surface area (TPSA) is 81.8 Å². The van der Waals surface area contributed by atoms with Crippen LogP contribution in [-0.4, -0.2) is 23.0 Å². The molecule has 1 aromatic rings. The first-order valence-corrected chi connectivity index (χ1v) is 7.38. The van der Waals surface area contributed by atoms with Crippen molar-refractivity contribution in [3.8, 4) is 0 Å². The van der Waals surface area contributed by atoms with Gasteiger partial charge in [0.2, 0.25) is 0 Å². The Labute approximate surface area is 105 Å². The Bertz CT molecular complexity index is 428. The first-order chi connectivity index (χ1) is 8.48. The molecule has 1 aliphatic heterocycles. The maximum absolute atomic E-state index is 10.5. The Morgan fingerprint density at radius 2 is 1.94 bits per heavy atom. The predicted molar refractivity (Wildman–Crippen MR) is 67.0 cm³/mol. The molecule has 0 radical (unpaired) electrons. The molecule has 7 heteroatoms. The van der Waals surface area contributed by atoms with Crippen molar-refractivity contribution in [2.24, 2.45) is 5.92 Å². The number of hydrogen-bond acceptors (Lipinski definition) is 5. The maximum Gasteiger partial charge on any atom is 0.413 e. The Morgan fingerprint density at radius 1 is 1.39 bits per heavy atom. The van der Waals surface area contributed by atoms with E-state index in [2.05, 4.69) is 0 Å². The second-order valence-corrected chi connectivity index (χ2v) is 6.52. The van der Waals surface area contributed by atoms with Gasteiger partial charge in [-0.25, -0.2) is 0 Å². The Hall–Kier alpha value is -1.07. The summed E-state index contributed by atoms with van der Waals surface area (Å²) in [5.41, 5.74) is 0.800. The molecule has 0 amide bonds. The molecule has 0 aliphatic carbocycles. The van der Waals surface area contributed by atoms with Crippen molar-refractivity contribution >= 4 is 13.6 Å². The van der Waals surface area contributed by atoms with Gasteiger partial charge in [0.25, 0.3) is 5.69 Å². The highest BCUT2D eigenvalue weighted by Gasteiger charge is 2.45. The molecule has 0 bridgehead atoms. The molecular formula is C11H15NO5P+. The summed E-state index contributed by atoms with van der Waals surface area (Å²) < 4.78 is 10.7. The van der Waals surface area contributed by atoms with Gasteiger partial charge in [0.05, 0.1) is 4.92 Å². The first kappa shape index (κ1) is 13.4. The summed E-state index contributed by atoms with van der Waals surface area (Å²) in [5.74, 6) is 0.280. The minimum absolute atomic E-state index is 0.0307. The molecule has 18 heavy (non-hydrogen) atoms. The third kappa shape index (κ3) is 3.23. The highest BCUT2D eigenvalue weighted by atomic mass is 31.2. The van der Waals surface area contributed by atoms with Crippen molar-refractivity contribution in [3.63, 3.8) is 0 Å². The van der Waals surface area contributed by atoms with Crippen LogP contribution in [0.4, 0.5) is 5.69 Å². The molecule has 0 unspecified atom stereocenters. The van der Waals surface area contributed by atoms with E-state index in [1.165, 1.54) is 12.1 Å². The summed E-state index contributed by atoms with van der Waals surface area (Å²) in [6, 6.07) is 6.05. The van der Waals surface area contributed by atoms with Gasteiger partial charge in [-0.1, -0.05) is 6.92 Å². The zero-order chi connectivity index (χ0) is 13.2. The van der Waals surface area contributed by atoms with Gasteiger partial charge in [-0.3, -0.25) is 10.1 Å². The summed E-state index contributed by atoms with van der Waals surface area (Å²) in [6.07, 6.45) is 0.262. The molecule has 1 heterocycles. The average Bonchev–Trinajstić information content (AvgIpc) is 2.34. The molecule has 0 spiro atoms. The van der Waals surface area contributed by atoms with E-state index in [0.717, 1.165) is 5.56 Å². The van der Waals surface area contributed by atoms with Crippen molar-refractivity contribution in [2.45, 2.75) is 13.1 Å². The van der Waals surface area contributed by atoms with E-state index < -0.39 is 12.9 Å². The monoisotopic (exact) mass is 272 g/mol. The fourth-order valence-electron chi connectivity index (χ4n) is 1.62. The summed E-state index contributed by atoms with van der Waals surface area (Å²) >= 11 is 0. The molecule has 0 atom stereocenters. The number of nitro groups is 1. The normalized spacial score (nSPS) is 28.0. The minimum Gasteiger partial charge on any atom is -0.258 e. The molecule has 0 saturated carbocycles. The van der Waals surface area contributed by atoms with Crippen LogP contribution in [0.15, 0.2) is 24.3 Å². The number of rotatable bonds is 3. The Balaban J connectivity index is 2.02. The van der Waals surface area contributed by atoms with Crippen LogP contribution in [0.2, 0.25) is 0 Å². The summed E-state index contributed by atoms with van der Waals surface area (Å²) in [6.45, 7) is 2.95. The largest absolute Gasteiger partial charge is 0.413 e. The maximum atomic E-state index is 10.5. The van der Waals surface area contributed by atoms with E-state index in [1.54, 1.807) is 12.1 Å². The first-order valence-electron chi connectivity index (χ1n) is 5.62. The lowest BCUT2D eigenvalue weighted by atomic mass is 10.2. The molecule has 1 aliphatic rings. The number of nitrogens with zero attached hydrogens (tertiary/aromatic N) is 1. The van der Waals surface area contributed by atoms with Gasteiger partial charge >= 0.3 is 7.94 Å². The van der Waals surface area contributed by atoms with Crippen LogP contribution in [0.5, 0.6) is 0 Å². The van der Waals surface area contributed by atoms with E-state index >= 15 is 0 Å². The van der Waals surface area contributed by atoms with Gasteiger partial charge in [-0.15, -0.1) is 0 Å². The molecule has 6 nitrogen and oxygen atoms in total. The summed E-state index contributed by atoms with van der Waals surface area (Å²) in [4.78, 5) is 20.2. The third-order valence-electron chi connectivity index (χ3n) is 2.65. The van der Waals surface area contributed by atoms with Crippen LogP contribution in [0.25, 0.3) is 0 Å². The number of benzene rings is 1. The SMILES string of the molecule is CC1CO[P+](O)(Cc2ccc([N+](=O)[O-])cc2)OC1.